The molecule has 0 aliphatic rings. The Hall–Kier alpha value is -3.06. The molecule has 0 spiro atoms. The van der Waals surface area contributed by atoms with Crippen molar-refractivity contribution in [1.29, 1.82) is 0 Å². The molecule has 0 fully saturated rings. The number of para-hydroxylation sites is 1. The lowest BCUT2D eigenvalue weighted by atomic mass is 10.1. The van der Waals surface area contributed by atoms with Crippen LogP contribution in [0.4, 0.5) is 5.69 Å². The number of nitrogens with one attached hydrogen (secondary N) is 2. The van der Waals surface area contributed by atoms with Crippen molar-refractivity contribution >= 4 is 17.5 Å². The number of hydrogen-bond acceptors (Lipinski definition) is 5. The van der Waals surface area contributed by atoms with Gasteiger partial charge in [-0.05, 0) is 37.9 Å². The van der Waals surface area contributed by atoms with Gasteiger partial charge >= 0.3 is 11.8 Å². The van der Waals surface area contributed by atoms with Crippen molar-refractivity contribution in [3.8, 4) is 5.75 Å². The van der Waals surface area contributed by atoms with Crippen LogP contribution in [0.2, 0.25) is 0 Å². The molecule has 7 heteroatoms. The molecule has 29 heavy (non-hydrogen) atoms. The number of likely N-dealkylation sites (N-methyl/N-ethyl adjacent to an activating group) is 1. The van der Waals surface area contributed by atoms with Crippen LogP contribution in [0.1, 0.15) is 17.2 Å². The molecule has 0 heterocycles. The summed E-state index contributed by atoms with van der Waals surface area (Å²) >= 11 is 0. The molecule has 2 aromatic carbocycles. The van der Waals surface area contributed by atoms with Gasteiger partial charge in [0.15, 0.2) is 0 Å². The molecule has 0 saturated carbocycles. The molecule has 2 N–H and O–H groups in total. The van der Waals surface area contributed by atoms with E-state index in [2.05, 4.69) is 10.6 Å². The molecule has 2 amide bonds. The van der Waals surface area contributed by atoms with Crippen molar-refractivity contribution in [2.75, 3.05) is 46.7 Å². The van der Waals surface area contributed by atoms with Gasteiger partial charge in [0.2, 0.25) is 0 Å². The van der Waals surface area contributed by atoms with Crippen molar-refractivity contribution in [2.24, 2.45) is 0 Å². The molecule has 0 bridgehead atoms. The van der Waals surface area contributed by atoms with Crippen molar-refractivity contribution in [1.82, 2.24) is 15.5 Å². The quantitative estimate of drug-likeness (QED) is 0.664. The summed E-state index contributed by atoms with van der Waals surface area (Å²) in [6.07, 6.45) is 0. The van der Waals surface area contributed by atoms with Gasteiger partial charge in [-0.2, -0.15) is 0 Å². The topological polar surface area (TPSA) is 73.9 Å². The van der Waals surface area contributed by atoms with Gasteiger partial charge in [-0.3, -0.25) is 9.59 Å². The Bertz CT molecular complexity index is 819. The molecule has 2 aromatic rings. The van der Waals surface area contributed by atoms with Crippen LogP contribution in [0.3, 0.4) is 0 Å². The van der Waals surface area contributed by atoms with Gasteiger partial charge < -0.3 is 25.2 Å². The van der Waals surface area contributed by atoms with E-state index in [1.165, 1.54) is 0 Å². The monoisotopic (exact) mass is 398 g/mol. The molecule has 1 atom stereocenters. The minimum atomic E-state index is -0.670. The van der Waals surface area contributed by atoms with Crippen LogP contribution in [-0.2, 0) is 16.1 Å². The Labute approximate surface area is 172 Å². The number of ether oxygens (including phenoxy) is 1. The van der Waals surface area contributed by atoms with Crippen molar-refractivity contribution in [2.45, 2.75) is 12.6 Å². The van der Waals surface area contributed by atoms with Crippen LogP contribution in [0.5, 0.6) is 5.75 Å². The van der Waals surface area contributed by atoms with Gasteiger partial charge in [0.1, 0.15) is 5.75 Å². The number of methoxy groups -OCH3 is 1. The SMILES string of the molecule is COc1ccccc1CNC(=O)C(=O)NC[C@H](c1ccc(N(C)C)cc1)N(C)C. The van der Waals surface area contributed by atoms with Crippen molar-refractivity contribution in [3.63, 3.8) is 0 Å². The highest BCUT2D eigenvalue weighted by molar-refractivity contribution is 6.35. The number of hydrogen-bond donors (Lipinski definition) is 2. The third-order valence-electron chi connectivity index (χ3n) is 4.71. The lowest BCUT2D eigenvalue weighted by molar-refractivity contribution is -0.139. The summed E-state index contributed by atoms with van der Waals surface area (Å²) in [6.45, 7) is 0.550. The molecule has 2 rings (SSSR count). The van der Waals surface area contributed by atoms with Gasteiger partial charge in [0.05, 0.1) is 13.2 Å². The first kappa shape index (κ1) is 22.2. The molecule has 156 valence electrons. The molecular formula is C22H30N4O3. The summed E-state index contributed by atoms with van der Waals surface area (Å²) in [6, 6.07) is 15.5. The Morgan fingerprint density at radius 3 is 2.14 bits per heavy atom. The zero-order valence-corrected chi connectivity index (χ0v) is 17.7. The Morgan fingerprint density at radius 2 is 1.55 bits per heavy atom. The average Bonchev–Trinajstić information content (AvgIpc) is 2.72. The predicted octanol–water partition coefficient (Wildman–Crippen LogP) is 1.80. The number of nitrogens with zero attached hydrogens (tertiary/aromatic N) is 2. The zero-order valence-electron chi connectivity index (χ0n) is 17.7. The minimum Gasteiger partial charge on any atom is -0.496 e. The number of anilines is 1. The maximum atomic E-state index is 12.2. The highest BCUT2D eigenvalue weighted by Gasteiger charge is 2.19. The highest BCUT2D eigenvalue weighted by atomic mass is 16.5. The van der Waals surface area contributed by atoms with E-state index >= 15 is 0 Å². The van der Waals surface area contributed by atoms with E-state index < -0.39 is 11.8 Å². The van der Waals surface area contributed by atoms with Crippen LogP contribution in [0.15, 0.2) is 48.5 Å². The highest BCUT2D eigenvalue weighted by Crippen LogP contribution is 2.21. The molecule has 0 unspecified atom stereocenters. The maximum Gasteiger partial charge on any atom is 0.309 e. The van der Waals surface area contributed by atoms with Gasteiger partial charge in [-0.15, -0.1) is 0 Å². The summed E-state index contributed by atoms with van der Waals surface area (Å²) < 4.78 is 5.26. The van der Waals surface area contributed by atoms with E-state index in [4.69, 9.17) is 4.74 Å². The van der Waals surface area contributed by atoms with E-state index in [9.17, 15) is 9.59 Å². The van der Waals surface area contributed by atoms with Crippen molar-refractivity contribution in [3.05, 3.63) is 59.7 Å². The summed E-state index contributed by atoms with van der Waals surface area (Å²) in [5.41, 5.74) is 2.98. The Morgan fingerprint density at radius 1 is 0.931 bits per heavy atom. The van der Waals surface area contributed by atoms with E-state index in [0.29, 0.717) is 12.3 Å². The second-order valence-electron chi connectivity index (χ2n) is 7.17. The standard InChI is InChI=1S/C22H30N4O3/c1-25(2)18-12-10-16(11-13-18)19(26(3)4)15-24-22(28)21(27)23-14-17-8-6-7-9-20(17)29-5/h6-13,19H,14-15H2,1-5H3,(H,23,27)(H,24,28)/t19-/m1/s1. The van der Waals surface area contributed by atoms with Crippen molar-refractivity contribution < 1.29 is 14.3 Å². The first-order valence-corrected chi connectivity index (χ1v) is 9.45. The lowest BCUT2D eigenvalue weighted by Gasteiger charge is -2.25. The van der Waals surface area contributed by atoms with Gasteiger partial charge in [-0.25, -0.2) is 0 Å². The molecule has 0 saturated heterocycles. The summed E-state index contributed by atoms with van der Waals surface area (Å²) in [5.74, 6) is -0.657. The molecule has 0 aromatic heterocycles. The van der Waals surface area contributed by atoms with E-state index in [1.54, 1.807) is 7.11 Å². The normalized spacial score (nSPS) is 11.7. The van der Waals surface area contributed by atoms with E-state index in [1.807, 2.05) is 86.5 Å². The second-order valence-corrected chi connectivity index (χ2v) is 7.17. The van der Waals surface area contributed by atoms with Gasteiger partial charge in [0.25, 0.3) is 0 Å². The second kappa shape index (κ2) is 10.5. The molecule has 0 radical (unpaired) electrons. The van der Waals surface area contributed by atoms with E-state index in [0.717, 1.165) is 16.8 Å². The Kier molecular flexibility index (Phi) is 8.03. The Balaban J connectivity index is 1.93. The summed E-state index contributed by atoms with van der Waals surface area (Å²) in [4.78, 5) is 28.5. The van der Waals surface area contributed by atoms with Crippen LogP contribution in [-0.4, -0.2) is 58.6 Å². The van der Waals surface area contributed by atoms with Gasteiger partial charge in [0, 0.05) is 38.4 Å². The minimum absolute atomic E-state index is 0.0443. The van der Waals surface area contributed by atoms with Gasteiger partial charge in [-0.1, -0.05) is 30.3 Å². The predicted molar refractivity (Wildman–Crippen MR) is 115 cm³/mol. The van der Waals surface area contributed by atoms with Crippen LogP contribution < -0.4 is 20.3 Å². The number of rotatable bonds is 8. The van der Waals surface area contributed by atoms with E-state index in [-0.39, 0.29) is 12.6 Å². The first-order chi connectivity index (χ1) is 13.8. The lowest BCUT2D eigenvalue weighted by Crippen LogP contribution is -2.42. The summed E-state index contributed by atoms with van der Waals surface area (Å²) in [7, 11) is 9.43. The molecule has 7 nitrogen and oxygen atoms in total. The molecule has 0 aliphatic heterocycles. The molecule has 0 aliphatic carbocycles. The third kappa shape index (κ3) is 6.22. The average molecular weight is 399 g/mol. The number of amides is 2. The fraction of sp³-hybridized carbons (Fsp3) is 0.364. The third-order valence-corrected chi connectivity index (χ3v) is 4.71. The fourth-order valence-electron chi connectivity index (χ4n) is 2.97. The summed E-state index contributed by atoms with van der Waals surface area (Å²) in [5, 5.41) is 5.37. The maximum absolute atomic E-state index is 12.2. The number of carbonyl (C=O) groups excluding carboxylic acids is 2. The fourth-order valence-corrected chi connectivity index (χ4v) is 2.97. The molecular weight excluding hydrogens is 368 g/mol. The van der Waals surface area contributed by atoms with Crippen LogP contribution in [0, 0.1) is 0 Å². The van der Waals surface area contributed by atoms with Crippen LogP contribution in [0.25, 0.3) is 0 Å². The van der Waals surface area contributed by atoms with Crippen LogP contribution >= 0.6 is 0 Å². The first-order valence-electron chi connectivity index (χ1n) is 9.45. The largest absolute Gasteiger partial charge is 0.496 e. The zero-order chi connectivity index (χ0) is 21.4. The number of carbonyl (C=O) groups is 2. The smallest absolute Gasteiger partial charge is 0.309 e. The number of benzene rings is 2.